The lowest BCUT2D eigenvalue weighted by Gasteiger charge is -2.11. The molecule has 0 atom stereocenters. The van der Waals surface area contributed by atoms with Crippen LogP contribution in [0.4, 0.5) is 4.39 Å². The second-order valence-electron chi connectivity index (χ2n) is 4.88. The fourth-order valence-electron chi connectivity index (χ4n) is 2.24. The molecule has 3 aromatic rings. The first-order chi connectivity index (χ1) is 11.4. The van der Waals surface area contributed by atoms with Crippen LogP contribution in [-0.4, -0.2) is 23.7 Å². The molecule has 0 radical (unpaired) electrons. The van der Waals surface area contributed by atoms with Crippen LogP contribution in [0.1, 0.15) is 10.4 Å². The number of hydrogen-bond acceptors (Lipinski definition) is 4. The second kappa shape index (κ2) is 6.29. The standard InChI is InChI=1S/C16H10BrFN2O3S/c17-12-3-1-4-13(8-12)24(22,23)20-9-11(10-21)7-15(20)14-5-2-6-19-16(14)18/h1-10H. The molecule has 0 amide bonds. The number of carbonyl (C=O) groups is 1. The highest BCUT2D eigenvalue weighted by molar-refractivity contribution is 9.10. The molecule has 1 aromatic carbocycles. The number of nitrogens with zero attached hydrogens (tertiary/aromatic N) is 2. The summed E-state index contributed by atoms with van der Waals surface area (Å²) >= 11 is 3.22. The minimum atomic E-state index is -4.01. The Morgan fingerprint density at radius 3 is 2.62 bits per heavy atom. The lowest BCUT2D eigenvalue weighted by molar-refractivity contribution is 0.112. The molecule has 0 N–H and O–H groups in total. The zero-order chi connectivity index (χ0) is 17.3. The molecule has 0 aliphatic heterocycles. The van der Waals surface area contributed by atoms with E-state index in [1.807, 2.05) is 0 Å². The Hall–Kier alpha value is -2.32. The zero-order valence-electron chi connectivity index (χ0n) is 12.1. The summed E-state index contributed by atoms with van der Waals surface area (Å²) in [5, 5.41) is 0. The molecule has 0 fully saturated rings. The first-order valence-corrected chi connectivity index (χ1v) is 8.96. The Morgan fingerprint density at radius 1 is 1.17 bits per heavy atom. The van der Waals surface area contributed by atoms with Gasteiger partial charge in [0.2, 0.25) is 5.95 Å². The smallest absolute Gasteiger partial charge is 0.268 e. The molecular formula is C16H10BrFN2O3S. The van der Waals surface area contributed by atoms with Crippen molar-refractivity contribution >= 4 is 32.2 Å². The molecule has 2 aromatic heterocycles. The third-order valence-corrected chi connectivity index (χ3v) is 5.49. The van der Waals surface area contributed by atoms with Gasteiger partial charge in [0.05, 0.1) is 16.2 Å². The average molecular weight is 409 g/mol. The maximum atomic E-state index is 14.0. The van der Waals surface area contributed by atoms with Crippen LogP contribution in [-0.2, 0) is 10.0 Å². The minimum absolute atomic E-state index is 0.00970. The number of benzene rings is 1. The summed E-state index contributed by atoms with van der Waals surface area (Å²) in [6.07, 6.45) is 2.92. The summed E-state index contributed by atoms with van der Waals surface area (Å²) in [5.41, 5.74) is 0.138. The number of carbonyl (C=O) groups excluding carboxylic acids is 1. The fourth-order valence-corrected chi connectivity index (χ4v) is 4.22. The van der Waals surface area contributed by atoms with E-state index < -0.39 is 16.0 Å². The van der Waals surface area contributed by atoms with E-state index in [1.54, 1.807) is 12.1 Å². The van der Waals surface area contributed by atoms with Crippen LogP contribution in [0.2, 0.25) is 0 Å². The number of aldehydes is 1. The van der Waals surface area contributed by atoms with Crippen LogP contribution in [0.5, 0.6) is 0 Å². The Kier molecular flexibility index (Phi) is 4.33. The van der Waals surface area contributed by atoms with Gasteiger partial charge in [-0.25, -0.2) is 17.4 Å². The van der Waals surface area contributed by atoms with Crippen LogP contribution < -0.4 is 0 Å². The summed E-state index contributed by atoms with van der Waals surface area (Å²) in [6, 6.07) is 10.3. The third kappa shape index (κ3) is 2.90. The zero-order valence-corrected chi connectivity index (χ0v) is 14.5. The van der Waals surface area contributed by atoms with E-state index in [0.29, 0.717) is 10.8 Å². The molecule has 3 rings (SSSR count). The molecule has 0 aliphatic carbocycles. The van der Waals surface area contributed by atoms with Gasteiger partial charge >= 0.3 is 0 Å². The SMILES string of the molecule is O=Cc1cc(-c2cccnc2F)n(S(=O)(=O)c2cccc(Br)c2)c1. The molecule has 5 nitrogen and oxygen atoms in total. The van der Waals surface area contributed by atoms with Crippen molar-refractivity contribution in [1.82, 2.24) is 8.96 Å². The van der Waals surface area contributed by atoms with Crippen molar-refractivity contribution in [2.75, 3.05) is 0 Å². The highest BCUT2D eigenvalue weighted by Gasteiger charge is 2.23. The first-order valence-electron chi connectivity index (χ1n) is 6.73. The van der Waals surface area contributed by atoms with Crippen molar-refractivity contribution in [2.24, 2.45) is 0 Å². The molecule has 8 heteroatoms. The van der Waals surface area contributed by atoms with Crippen molar-refractivity contribution in [3.8, 4) is 11.3 Å². The van der Waals surface area contributed by atoms with Gasteiger partial charge in [-0.3, -0.25) is 4.79 Å². The van der Waals surface area contributed by atoms with E-state index in [9.17, 15) is 17.6 Å². The normalized spacial score (nSPS) is 11.4. The number of halogens is 2. The monoisotopic (exact) mass is 408 g/mol. The third-order valence-electron chi connectivity index (χ3n) is 3.33. The van der Waals surface area contributed by atoms with E-state index in [1.165, 1.54) is 36.5 Å². The highest BCUT2D eigenvalue weighted by Crippen LogP contribution is 2.28. The largest absolute Gasteiger partial charge is 0.298 e. The summed E-state index contributed by atoms with van der Waals surface area (Å²) in [4.78, 5) is 14.6. The van der Waals surface area contributed by atoms with Gasteiger partial charge in [0.25, 0.3) is 10.0 Å². The Balaban J connectivity index is 2.27. The molecule has 0 aliphatic rings. The van der Waals surface area contributed by atoms with Crippen molar-refractivity contribution in [3.05, 3.63) is 70.8 Å². The molecule has 0 unspecified atom stereocenters. The molecular weight excluding hydrogens is 399 g/mol. The van der Waals surface area contributed by atoms with Crippen molar-refractivity contribution in [1.29, 1.82) is 0 Å². The first kappa shape index (κ1) is 16.5. The Labute approximate surface area is 146 Å². The molecule has 24 heavy (non-hydrogen) atoms. The predicted octanol–water partition coefficient (Wildman–Crippen LogP) is 3.50. The van der Waals surface area contributed by atoms with Crippen LogP contribution in [0.25, 0.3) is 11.3 Å². The quantitative estimate of drug-likeness (QED) is 0.489. The summed E-state index contributed by atoms with van der Waals surface area (Å²) in [6.45, 7) is 0. The maximum Gasteiger partial charge on any atom is 0.268 e. The van der Waals surface area contributed by atoms with Crippen molar-refractivity contribution in [3.63, 3.8) is 0 Å². The topological polar surface area (TPSA) is 69.0 Å². The predicted molar refractivity (Wildman–Crippen MR) is 89.7 cm³/mol. The lowest BCUT2D eigenvalue weighted by Crippen LogP contribution is -2.13. The van der Waals surface area contributed by atoms with Gasteiger partial charge in [-0.2, -0.15) is 4.39 Å². The maximum absolute atomic E-state index is 14.0. The average Bonchev–Trinajstić information content (AvgIpc) is 3.00. The Morgan fingerprint density at radius 2 is 1.96 bits per heavy atom. The van der Waals surface area contributed by atoms with Gasteiger partial charge in [0.15, 0.2) is 6.29 Å². The van der Waals surface area contributed by atoms with Crippen LogP contribution in [0, 0.1) is 5.95 Å². The molecule has 0 bridgehead atoms. The summed E-state index contributed by atoms with van der Waals surface area (Å²) < 4.78 is 41.3. The molecule has 0 saturated heterocycles. The number of hydrogen-bond donors (Lipinski definition) is 0. The second-order valence-corrected chi connectivity index (χ2v) is 7.61. The molecule has 0 spiro atoms. The fraction of sp³-hybridized carbons (Fsp3) is 0. The molecule has 0 saturated carbocycles. The lowest BCUT2D eigenvalue weighted by atomic mass is 10.2. The van der Waals surface area contributed by atoms with Gasteiger partial charge in [-0.1, -0.05) is 22.0 Å². The molecule has 2 heterocycles. The highest BCUT2D eigenvalue weighted by atomic mass is 79.9. The van der Waals surface area contributed by atoms with Crippen LogP contribution in [0.3, 0.4) is 0 Å². The number of aromatic nitrogens is 2. The van der Waals surface area contributed by atoms with E-state index in [4.69, 9.17) is 0 Å². The van der Waals surface area contributed by atoms with Crippen molar-refractivity contribution < 1.29 is 17.6 Å². The molecule has 122 valence electrons. The van der Waals surface area contributed by atoms with Gasteiger partial charge in [0.1, 0.15) is 0 Å². The van der Waals surface area contributed by atoms with E-state index in [2.05, 4.69) is 20.9 Å². The van der Waals surface area contributed by atoms with Gasteiger partial charge in [0, 0.05) is 22.4 Å². The van der Waals surface area contributed by atoms with E-state index in [-0.39, 0.29) is 21.7 Å². The van der Waals surface area contributed by atoms with Crippen molar-refractivity contribution in [2.45, 2.75) is 4.90 Å². The van der Waals surface area contributed by atoms with Crippen LogP contribution >= 0.6 is 15.9 Å². The van der Waals surface area contributed by atoms with Gasteiger partial charge in [-0.15, -0.1) is 0 Å². The van der Waals surface area contributed by atoms with E-state index >= 15 is 0 Å². The Bertz CT molecular complexity index is 1030. The summed E-state index contributed by atoms with van der Waals surface area (Å²) in [7, 11) is -4.01. The van der Waals surface area contributed by atoms with Gasteiger partial charge < -0.3 is 0 Å². The number of rotatable bonds is 4. The van der Waals surface area contributed by atoms with Crippen LogP contribution in [0.15, 0.2) is 64.2 Å². The summed E-state index contributed by atoms with van der Waals surface area (Å²) in [5.74, 6) is -0.821. The van der Waals surface area contributed by atoms with E-state index in [0.717, 1.165) is 10.2 Å². The number of pyridine rings is 1. The minimum Gasteiger partial charge on any atom is -0.298 e. The van der Waals surface area contributed by atoms with Gasteiger partial charge in [-0.05, 0) is 36.4 Å².